The van der Waals surface area contributed by atoms with Gasteiger partial charge in [0.1, 0.15) is 4.83 Å². The molecule has 3 aromatic rings. The van der Waals surface area contributed by atoms with Crippen LogP contribution in [0.4, 0.5) is 0 Å². The van der Waals surface area contributed by atoms with E-state index >= 15 is 0 Å². The normalized spacial score (nSPS) is 15.5. The van der Waals surface area contributed by atoms with Crippen LogP contribution in [0.15, 0.2) is 52.6 Å². The molecular weight excluding hydrogens is 372 g/mol. The Morgan fingerprint density at radius 2 is 1.96 bits per heavy atom. The van der Waals surface area contributed by atoms with Crippen LogP contribution in [-0.2, 0) is 37.3 Å². The Labute approximate surface area is 167 Å². The smallest absolute Gasteiger partial charge is 0.332 e. The summed E-state index contributed by atoms with van der Waals surface area (Å²) in [7, 11) is 0. The zero-order valence-corrected chi connectivity index (χ0v) is 17.1. The van der Waals surface area contributed by atoms with E-state index in [1.165, 1.54) is 15.9 Å². The predicted octanol–water partition coefficient (Wildman–Crippen LogP) is 3.50. The maximum atomic E-state index is 13.4. The highest BCUT2D eigenvalue weighted by molar-refractivity contribution is 7.18. The molecule has 1 aliphatic heterocycles. The number of thiophene rings is 1. The van der Waals surface area contributed by atoms with Crippen LogP contribution in [0.25, 0.3) is 10.2 Å². The highest BCUT2D eigenvalue weighted by Gasteiger charge is 2.31. The van der Waals surface area contributed by atoms with Gasteiger partial charge in [0.25, 0.3) is 5.56 Å². The summed E-state index contributed by atoms with van der Waals surface area (Å²) in [5.74, 6) is 0. The van der Waals surface area contributed by atoms with E-state index < -0.39 is 0 Å². The van der Waals surface area contributed by atoms with Gasteiger partial charge >= 0.3 is 5.69 Å². The standard InChI is InChI=1S/C22H24N2O3S/c1-4-11-24-20-18(16-13-22(2,3)27-14-17(16)28-20)19(25)23(21(24)26)12-10-15-8-6-5-7-9-15/h4-9H,1,10-14H2,2-3H3. The van der Waals surface area contributed by atoms with Crippen molar-refractivity contribution in [3.05, 3.63) is 79.8 Å². The first kappa shape index (κ1) is 18.9. The minimum Gasteiger partial charge on any atom is -0.370 e. The molecule has 0 spiro atoms. The highest BCUT2D eigenvalue weighted by atomic mass is 32.1. The number of hydrogen-bond donors (Lipinski definition) is 0. The summed E-state index contributed by atoms with van der Waals surface area (Å²) in [6, 6.07) is 9.92. The van der Waals surface area contributed by atoms with Crippen LogP contribution >= 0.6 is 11.3 Å². The maximum Gasteiger partial charge on any atom is 0.332 e. The molecule has 2 aromatic heterocycles. The summed E-state index contributed by atoms with van der Waals surface area (Å²) in [5, 5.41) is 0.672. The number of fused-ring (bicyclic) bond motifs is 3. The van der Waals surface area contributed by atoms with Crippen molar-refractivity contribution < 1.29 is 4.74 Å². The van der Waals surface area contributed by atoms with E-state index in [0.29, 0.717) is 37.9 Å². The van der Waals surface area contributed by atoms with Gasteiger partial charge in [-0.3, -0.25) is 13.9 Å². The van der Waals surface area contributed by atoms with E-state index in [4.69, 9.17) is 4.74 Å². The van der Waals surface area contributed by atoms with Gasteiger partial charge in [-0.05, 0) is 31.4 Å². The van der Waals surface area contributed by atoms with Crippen molar-refractivity contribution in [1.82, 2.24) is 9.13 Å². The summed E-state index contributed by atoms with van der Waals surface area (Å²) >= 11 is 1.50. The maximum absolute atomic E-state index is 13.4. The van der Waals surface area contributed by atoms with Gasteiger partial charge in [-0.2, -0.15) is 0 Å². The van der Waals surface area contributed by atoms with Gasteiger partial charge in [0.2, 0.25) is 0 Å². The van der Waals surface area contributed by atoms with E-state index in [0.717, 1.165) is 20.8 Å². The number of aromatic nitrogens is 2. The van der Waals surface area contributed by atoms with E-state index in [9.17, 15) is 9.59 Å². The number of nitrogens with zero attached hydrogens (tertiary/aromatic N) is 2. The lowest BCUT2D eigenvalue weighted by Crippen LogP contribution is -2.40. The number of hydrogen-bond acceptors (Lipinski definition) is 4. The lowest BCUT2D eigenvalue weighted by molar-refractivity contribution is -0.0379. The summed E-state index contributed by atoms with van der Waals surface area (Å²) in [6.45, 7) is 9.08. The van der Waals surface area contributed by atoms with E-state index in [1.807, 2.05) is 44.2 Å². The largest absolute Gasteiger partial charge is 0.370 e. The Morgan fingerprint density at radius 1 is 1.21 bits per heavy atom. The average molecular weight is 397 g/mol. The SMILES string of the molecule is C=CCn1c(=O)n(CCc2ccccc2)c(=O)c2c3c(sc21)COC(C)(C)C3. The van der Waals surface area contributed by atoms with E-state index in [1.54, 1.807) is 10.6 Å². The fourth-order valence-corrected chi connectivity index (χ4v) is 5.00. The average Bonchev–Trinajstić information content (AvgIpc) is 3.03. The molecule has 0 unspecified atom stereocenters. The molecule has 0 bridgehead atoms. The highest BCUT2D eigenvalue weighted by Crippen LogP contribution is 2.37. The van der Waals surface area contributed by atoms with Crippen molar-refractivity contribution in [3.8, 4) is 0 Å². The quantitative estimate of drug-likeness (QED) is 0.620. The second-order valence-corrected chi connectivity index (χ2v) is 8.87. The fourth-order valence-electron chi connectivity index (χ4n) is 3.78. The van der Waals surface area contributed by atoms with Crippen LogP contribution in [0.3, 0.4) is 0 Å². The van der Waals surface area contributed by atoms with Crippen LogP contribution < -0.4 is 11.2 Å². The molecule has 28 heavy (non-hydrogen) atoms. The van der Waals surface area contributed by atoms with Gasteiger partial charge in [-0.15, -0.1) is 17.9 Å². The van der Waals surface area contributed by atoms with Crippen LogP contribution in [0, 0.1) is 0 Å². The minimum atomic E-state index is -0.318. The Bertz CT molecular complexity index is 1150. The molecule has 4 rings (SSSR count). The van der Waals surface area contributed by atoms with Crippen LogP contribution in [-0.4, -0.2) is 14.7 Å². The third-order valence-electron chi connectivity index (χ3n) is 5.21. The van der Waals surface area contributed by atoms with Gasteiger partial charge in [0, 0.05) is 24.4 Å². The van der Waals surface area contributed by atoms with Gasteiger partial charge in [-0.25, -0.2) is 4.79 Å². The predicted molar refractivity (Wildman–Crippen MR) is 113 cm³/mol. The van der Waals surface area contributed by atoms with Crippen LogP contribution in [0.2, 0.25) is 0 Å². The molecule has 146 valence electrons. The summed E-state index contributed by atoms with van der Waals surface area (Å²) < 4.78 is 8.98. The number of ether oxygens (including phenoxy) is 1. The number of aryl methyl sites for hydroxylation is 1. The molecule has 6 heteroatoms. The molecule has 1 aromatic carbocycles. The molecule has 0 saturated carbocycles. The van der Waals surface area contributed by atoms with Gasteiger partial charge < -0.3 is 4.74 Å². The summed E-state index contributed by atoms with van der Waals surface area (Å²) in [6.07, 6.45) is 3.01. The van der Waals surface area contributed by atoms with Crippen molar-refractivity contribution in [1.29, 1.82) is 0 Å². The van der Waals surface area contributed by atoms with Gasteiger partial charge in [0.05, 0.1) is 17.6 Å². The molecule has 3 heterocycles. The molecule has 0 saturated heterocycles. The second-order valence-electron chi connectivity index (χ2n) is 7.78. The van der Waals surface area contributed by atoms with Crippen molar-refractivity contribution in [2.75, 3.05) is 0 Å². The first-order valence-electron chi connectivity index (χ1n) is 9.48. The Morgan fingerprint density at radius 3 is 2.68 bits per heavy atom. The van der Waals surface area contributed by atoms with Gasteiger partial charge in [-0.1, -0.05) is 36.4 Å². The monoisotopic (exact) mass is 396 g/mol. The van der Waals surface area contributed by atoms with Crippen LogP contribution in [0.1, 0.15) is 29.9 Å². The molecule has 0 fully saturated rings. The number of benzene rings is 1. The molecule has 0 aliphatic carbocycles. The summed E-state index contributed by atoms with van der Waals surface area (Å²) in [5.41, 5.74) is 1.36. The zero-order valence-electron chi connectivity index (χ0n) is 16.2. The molecule has 0 amide bonds. The first-order valence-corrected chi connectivity index (χ1v) is 10.3. The fraction of sp³-hybridized carbons (Fsp3) is 0.364. The lowest BCUT2D eigenvalue weighted by Gasteiger charge is -2.29. The molecule has 0 atom stereocenters. The molecule has 0 radical (unpaired) electrons. The van der Waals surface area contributed by atoms with Gasteiger partial charge in [0.15, 0.2) is 0 Å². The van der Waals surface area contributed by atoms with Crippen molar-refractivity contribution in [3.63, 3.8) is 0 Å². The molecular formula is C22H24N2O3S. The topological polar surface area (TPSA) is 53.2 Å². The Balaban J connectivity index is 1.89. The zero-order chi connectivity index (χ0) is 19.9. The van der Waals surface area contributed by atoms with E-state index in [-0.39, 0.29) is 16.9 Å². The third-order valence-corrected chi connectivity index (χ3v) is 6.44. The van der Waals surface area contributed by atoms with Crippen molar-refractivity contribution >= 4 is 21.6 Å². The first-order chi connectivity index (χ1) is 13.4. The number of allylic oxidation sites excluding steroid dienone is 1. The Hall–Kier alpha value is -2.44. The van der Waals surface area contributed by atoms with E-state index in [2.05, 4.69) is 6.58 Å². The van der Waals surface area contributed by atoms with Crippen molar-refractivity contribution in [2.24, 2.45) is 0 Å². The molecule has 1 aliphatic rings. The Kier molecular flexibility index (Phi) is 4.85. The molecule has 5 nitrogen and oxygen atoms in total. The number of rotatable bonds is 5. The lowest BCUT2D eigenvalue weighted by atomic mass is 9.94. The summed E-state index contributed by atoms with van der Waals surface area (Å²) in [4.78, 5) is 28.2. The second kappa shape index (κ2) is 7.18. The third kappa shape index (κ3) is 3.27. The van der Waals surface area contributed by atoms with Crippen molar-refractivity contribution in [2.45, 2.75) is 52.0 Å². The molecule has 0 N–H and O–H groups in total. The van der Waals surface area contributed by atoms with Crippen LogP contribution in [0.5, 0.6) is 0 Å². The minimum absolute atomic E-state index is 0.188.